The van der Waals surface area contributed by atoms with E-state index >= 15 is 0 Å². The molecule has 1 aromatic carbocycles. The molecule has 1 amide bonds. The van der Waals surface area contributed by atoms with Crippen LogP contribution in [0.5, 0.6) is 0 Å². The molecule has 20 heavy (non-hydrogen) atoms. The van der Waals surface area contributed by atoms with Gasteiger partial charge < -0.3 is 10.1 Å². The van der Waals surface area contributed by atoms with Crippen LogP contribution in [0.1, 0.15) is 12.0 Å². The summed E-state index contributed by atoms with van der Waals surface area (Å²) in [7, 11) is 3.49. The van der Waals surface area contributed by atoms with Gasteiger partial charge in [0, 0.05) is 31.3 Å². The smallest absolute Gasteiger partial charge is 0.234 e. The SMILES string of the molecule is COCCCNC(=O)CN(C)Cc1ccc(F)cc1Br. The maximum atomic E-state index is 13.0. The minimum Gasteiger partial charge on any atom is -0.385 e. The Morgan fingerprint density at radius 1 is 1.50 bits per heavy atom. The second kappa shape index (κ2) is 9.05. The zero-order valence-electron chi connectivity index (χ0n) is 11.8. The van der Waals surface area contributed by atoms with Gasteiger partial charge in [0.1, 0.15) is 5.82 Å². The van der Waals surface area contributed by atoms with Crippen molar-refractivity contribution in [3.05, 3.63) is 34.1 Å². The Bertz CT molecular complexity index is 443. The fraction of sp³-hybridized carbons (Fsp3) is 0.500. The summed E-state index contributed by atoms with van der Waals surface area (Å²) in [6, 6.07) is 4.55. The Balaban J connectivity index is 2.35. The summed E-state index contributed by atoms with van der Waals surface area (Å²) in [6.45, 7) is 2.13. The van der Waals surface area contributed by atoms with Crippen LogP contribution in [0.2, 0.25) is 0 Å². The molecule has 1 N–H and O–H groups in total. The molecule has 0 unspecified atom stereocenters. The van der Waals surface area contributed by atoms with E-state index in [1.165, 1.54) is 12.1 Å². The Morgan fingerprint density at radius 2 is 2.25 bits per heavy atom. The van der Waals surface area contributed by atoms with Crippen molar-refractivity contribution in [3.63, 3.8) is 0 Å². The molecule has 6 heteroatoms. The van der Waals surface area contributed by atoms with Gasteiger partial charge in [-0.25, -0.2) is 4.39 Å². The lowest BCUT2D eigenvalue weighted by molar-refractivity contribution is -0.122. The van der Waals surface area contributed by atoms with Crippen molar-refractivity contribution in [1.82, 2.24) is 10.2 Å². The van der Waals surface area contributed by atoms with Crippen molar-refractivity contribution >= 4 is 21.8 Å². The first kappa shape index (κ1) is 17.1. The summed E-state index contributed by atoms with van der Waals surface area (Å²) >= 11 is 3.32. The molecule has 0 aliphatic rings. The zero-order valence-corrected chi connectivity index (χ0v) is 13.4. The van der Waals surface area contributed by atoms with E-state index in [1.807, 2.05) is 11.9 Å². The molecular weight excluding hydrogens is 327 g/mol. The van der Waals surface area contributed by atoms with E-state index in [0.29, 0.717) is 30.7 Å². The van der Waals surface area contributed by atoms with Crippen LogP contribution < -0.4 is 5.32 Å². The highest BCUT2D eigenvalue weighted by Gasteiger charge is 2.09. The second-order valence-electron chi connectivity index (χ2n) is 4.60. The van der Waals surface area contributed by atoms with Gasteiger partial charge in [-0.1, -0.05) is 22.0 Å². The van der Waals surface area contributed by atoms with Gasteiger partial charge in [0.15, 0.2) is 0 Å². The molecule has 0 aliphatic carbocycles. The predicted octanol–water partition coefficient (Wildman–Crippen LogP) is 2.17. The van der Waals surface area contributed by atoms with Crippen LogP contribution in [0, 0.1) is 5.82 Å². The molecule has 1 aromatic rings. The fourth-order valence-electron chi connectivity index (χ4n) is 1.74. The summed E-state index contributed by atoms with van der Waals surface area (Å²) in [4.78, 5) is 13.6. The highest BCUT2D eigenvalue weighted by Crippen LogP contribution is 2.19. The van der Waals surface area contributed by atoms with Crippen LogP contribution in [0.3, 0.4) is 0 Å². The van der Waals surface area contributed by atoms with Gasteiger partial charge >= 0.3 is 0 Å². The highest BCUT2D eigenvalue weighted by molar-refractivity contribution is 9.10. The van der Waals surface area contributed by atoms with E-state index in [9.17, 15) is 9.18 Å². The number of benzene rings is 1. The van der Waals surface area contributed by atoms with E-state index in [1.54, 1.807) is 13.2 Å². The number of carbonyl (C=O) groups excluding carboxylic acids is 1. The topological polar surface area (TPSA) is 41.6 Å². The highest BCUT2D eigenvalue weighted by atomic mass is 79.9. The summed E-state index contributed by atoms with van der Waals surface area (Å²) in [5.74, 6) is -0.305. The minimum atomic E-state index is -0.279. The molecule has 1 rings (SSSR count). The van der Waals surface area contributed by atoms with Crippen molar-refractivity contribution < 1.29 is 13.9 Å². The van der Waals surface area contributed by atoms with Crippen molar-refractivity contribution in [2.75, 3.05) is 33.9 Å². The number of hydrogen-bond acceptors (Lipinski definition) is 3. The number of carbonyl (C=O) groups is 1. The minimum absolute atomic E-state index is 0.0261. The third-order valence-electron chi connectivity index (χ3n) is 2.72. The second-order valence-corrected chi connectivity index (χ2v) is 5.46. The van der Waals surface area contributed by atoms with E-state index in [0.717, 1.165) is 12.0 Å². The Morgan fingerprint density at radius 3 is 2.90 bits per heavy atom. The molecule has 0 saturated carbocycles. The maximum Gasteiger partial charge on any atom is 0.234 e. The van der Waals surface area contributed by atoms with Gasteiger partial charge in [-0.3, -0.25) is 9.69 Å². The van der Waals surface area contributed by atoms with Gasteiger partial charge in [0.25, 0.3) is 0 Å². The Kier molecular flexibility index (Phi) is 7.72. The standard InChI is InChI=1S/C14H20BrFN2O2/c1-18(10-14(19)17-6-3-7-20-2)9-11-4-5-12(16)8-13(11)15/h4-5,8H,3,6-7,9-10H2,1-2H3,(H,17,19). The van der Waals surface area contributed by atoms with Gasteiger partial charge in [-0.05, 0) is 31.2 Å². The average molecular weight is 347 g/mol. The van der Waals surface area contributed by atoms with Crippen LogP contribution in [-0.4, -0.2) is 44.7 Å². The lowest BCUT2D eigenvalue weighted by Crippen LogP contribution is -2.35. The summed E-state index contributed by atoms with van der Waals surface area (Å²) in [6.07, 6.45) is 0.801. The van der Waals surface area contributed by atoms with Crippen molar-refractivity contribution in [3.8, 4) is 0 Å². The molecular formula is C14H20BrFN2O2. The third-order valence-corrected chi connectivity index (χ3v) is 3.45. The molecule has 0 radical (unpaired) electrons. The summed E-state index contributed by atoms with van der Waals surface area (Å²) in [5, 5.41) is 2.83. The van der Waals surface area contributed by atoms with Gasteiger partial charge in [0.05, 0.1) is 6.54 Å². The molecule has 4 nitrogen and oxygen atoms in total. The van der Waals surface area contributed by atoms with E-state index < -0.39 is 0 Å². The number of methoxy groups -OCH3 is 1. The molecule has 0 spiro atoms. The molecule has 0 aromatic heterocycles. The monoisotopic (exact) mass is 346 g/mol. The number of halogens is 2. The van der Waals surface area contributed by atoms with E-state index in [4.69, 9.17) is 4.74 Å². The van der Waals surface area contributed by atoms with Crippen molar-refractivity contribution in [1.29, 1.82) is 0 Å². The first-order valence-electron chi connectivity index (χ1n) is 6.41. The van der Waals surface area contributed by atoms with Crippen LogP contribution in [0.25, 0.3) is 0 Å². The van der Waals surface area contributed by atoms with Crippen LogP contribution in [0.15, 0.2) is 22.7 Å². The first-order valence-corrected chi connectivity index (χ1v) is 7.20. The van der Waals surface area contributed by atoms with Gasteiger partial charge in [0.2, 0.25) is 5.91 Å². The van der Waals surface area contributed by atoms with Crippen LogP contribution in [0.4, 0.5) is 4.39 Å². The zero-order chi connectivity index (χ0) is 15.0. The van der Waals surface area contributed by atoms with Crippen molar-refractivity contribution in [2.24, 2.45) is 0 Å². The van der Waals surface area contributed by atoms with Gasteiger partial charge in [-0.2, -0.15) is 0 Å². The van der Waals surface area contributed by atoms with Gasteiger partial charge in [-0.15, -0.1) is 0 Å². The predicted molar refractivity (Wildman–Crippen MR) is 79.9 cm³/mol. The normalized spacial score (nSPS) is 10.8. The Hall–Kier alpha value is -0.980. The first-order chi connectivity index (χ1) is 9.52. The third kappa shape index (κ3) is 6.45. The molecule has 0 heterocycles. The number of rotatable bonds is 8. The molecule has 0 saturated heterocycles. The number of amides is 1. The summed E-state index contributed by atoms with van der Waals surface area (Å²) in [5.41, 5.74) is 0.945. The number of hydrogen-bond donors (Lipinski definition) is 1. The number of nitrogens with zero attached hydrogens (tertiary/aromatic N) is 1. The lowest BCUT2D eigenvalue weighted by Gasteiger charge is -2.17. The molecule has 0 aliphatic heterocycles. The number of ether oxygens (including phenoxy) is 1. The summed E-state index contributed by atoms with van der Waals surface area (Å²) < 4.78 is 18.6. The molecule has 0 bridgehead atoms. The lowest BCUT2D eigenvalue weighted by atomic mass is 10.2. The number of nitrogens with one attached hydrogen (secondary N) is 1. The largest absolute Gasteiger partial charge is 0.385 e. The average Bonchev–Trinajstić information content (AvgIpc) is 2.38. The van der Waals surface area contributed by atoms with E-state index in [-0.39, 0.29) is 11.7 Å². The van der Waals surface area contributed by atoms with E-state index in [2.05, 4.69) is 21.2 Å². The van der Waals surface area contributed by atoms with Crippen molar-refractivity contribution in [2.45, 2.75) is 13.0 Å². The molecule has 112 valence electrons. The molecule has 0 atom stereocenters. The maximum absolute atomic E-state index is 13.0. The Labute approximate surface area is 127 Å². The number of likely N-dealkylation sites (N-methyl/N-ethyl adjacent to an activating group) is 1. The van der Waals surface area contributed by atoms with Crippen LogP contribution in [-0.2, 0) is 16.1 Å². The van der Waals surface area contributed by atoms with Crippen LogP contribution >= 0.6 is 15.9 Å². The molecule has 0 fully saturated rings. The quantitative estimate of drug-likeness (QED) is 0.733. The fourth-order valence-corrected chi connectivity index (χ4v) is 2.22.